The van der Waals surface area contributed by atoms with Gasteiger partial charge in [0.1, 0.15) is 11.8 Å². The van der Waals surface area contributed by atoms with Gasteiger partial charge in [0.25, 0.3) is 0 Å². The van der Waals surface area contributed by atoms with Gasteiger partial charge in [0.2, 0.25) is 0 Å². The number of H-pyrrole nitrogens is 1. The number of nitriles is 1. The molecule has 0 amide bonds. The van der Waals surface area contributed by atoms with Crippen LogP contribution in [0.5, 0.6) is 5.75 Å². The quantitative estimate of drug-likeness (QED) is 0.613. The van der Waals surface area contributed by atoms with Crippen molar-refractivity contribution in [2.45, 2.75) is 6.54 Å². The van der Waals surface area contributed by atoms with E-state index in [1.165, 1.54) is 0 Å². The Morgan fingerprint density at radius 1 is 1.27 bits per heavy atom. The molecule has 0 bridgehead atoms. The van der Waals surface area contributed by atoms with Crippen molar-refractivity contribution in [3.8, 4) is 23.2 Å². The zero-order valence-electron chi connectivity index (χ0n) is 13.9. The van der Waals surface area contributed by atoms with E-state index in [1.54, 1.807) is 7.11 Å². The van der Waals surface area contributed by atoms with Gasteiger partial charge in [0.15, 0.2) is 5.82 Å². The van der Waals surface area contributed by atoms with E-state index in [0.717, 1.165) is 22.2 Å². The summed E-state index contributed by atoms with van der Waals surface area (Å²) >= 11 is 0. The maximum atomic E-state index is 11.2. The highest BCUT2D eigenvalue weighted by Crippen LogP contribution is 2.27. The van der Waals surface area contributed by atoms with E-state index in [1.807, 2.05) is 53.2 Å². The third-order valence-electron chi connectivity index (χ3n) is 4.23. The van der Waals surface area contributed by atoms with Crippen LogP contribution in [0, 0.1) is 11.3 Å². The molecule has 0 unspecified atom stereocenters. The van der Waals surface area contributed by atoms with Gasteiger partial charge in [0.05, 0.1) is 12.7 Å². The monoisotopic (exact) mass is 346 g/mol. The van der Waals surface area contributed by atoms with Crippen molar-refractivity contribution in [2.75, 3.05) is 7.11 Å². The van der Waals surface area contributed by atoms with Crippen LogP contribution in [0.3, 0.4) is 0 Å². The van der Waals surface area contributed by atoms with Crippen LogP contribution in [0.1, 0.15) is 11.1 Å². The Kier molecular flexibility index (Phi) is 3.78. The number of methoxy groups -OCH3 is 1. The molecule has 26 heavy (non-hydrogen) atoms. The van der Waals surface area contributed by atoms with Crippen molar-refractivity contribution in [3.63, 3.8) is 0 Å². The minimum atomic E-state index is -0.613. The van der Waals surface area contributed by atoms with E-state index in [2.05, 4.69) is 20.7 Å². The first-order chi connectivity index (χ1) is 12.7. The average molecular weight is 346 g/mol. The van der Waals surface area contributed by atoms with Gasteiger partial charge < -0.3 is 9.30 Å². The molecule has 0 saturated heterocycles. The maximum Gasteiger partial charge on any atom is 0.439 e. The fourth-order valence-corrected chi connectivity index (χ4v) is 2.95. The number of nitrogens with zero attached hydrogens (tertiary/aromatic N) is 3. The summed E-state index contributed by atoms with van der Waals surface area (Å²) < 4.78 is 11.7. The lowest BCUT2D eigenvalue weighted by Gasteiger charge is -2.07. The Hall–Kier alpha value is -3.79. The van der Waals surface area contributed by atoms with E-state index in [4.69, 9.17) is 4.74 Å². The fourth-order valence-electron chi connectivity index (χ4n) is 2.95. The molecule has 0 spiro atoms. The van der Waals surface area contributed by atoms with Crippen LogP contribution in [0.2, 0.25) is 0 Å². The summed E-state index contributed by atoms with van der Waals surface area (Å²) in [4.78, 5) is 13.7. The zero-order valence-corrected chi connectivity index (χ0v) is 13.9. The Balaban J connectivity index is 1.76. The number of ether oxygens (including phenoxy) is 1. The van der Waals surface area contributed by atoms with E-state index in [-0.39, 0.29) is 0 Å². The highest BCUT2D eigenvalue weighted by atomic mass is 16.5. The third kappa shape index (κ3) is 2.74. The first-order valence-corrected chi connectivity index (χ1v) is 7.90. The Morgan fingerprint density at radius 2 is 2.08 bits per heavy atom. The Morgan fingerprint density at radius 3 is 2.73 bits per heavy atom. The van der Waals surface area contributed by atoms with Crippen LogP contribution in [0.4, 0.5) is 0 Å². The molecular weight excluding hydrogens is 332 g/mol. The summed E-state index contributed by atoms with van der Waals surface area (Å²) in [5, 5.41) is 14.0. The predicted molar refractivity (Wildman–Crippen MR) is 94.9 cm³/mol. The first kappa shape index (κ1) is 15.7. The maximum absolute atomic E-state index is 11.2. The number of hydrogen-bond acceptors (Lipinski definition) is 5. The van der Waals surface area contributed by atoms with Gasteiger partial charge in [-0.2, -0.15) is 5.26 Å². The molecular formula is C19H14N4O3. The Bertz CT molecular complexity index is 1180. The topological polar surface area (TPSA) is 96.8 Å². The third-order valence-corrected chi connectivity index (χ3v) is 4.23. The van der Waals surface area contributed by atoms with E-state index in [9.17, 15) is 10.1 Å². The van der Waals surface area contributed by atoms with E-state index < -0.39 is 5.76 Å². The molecule has 0 radical (unpaired) electrons. The smallest absolute Gasteiger partial charge is 0.439 e. The van der Waals surface area contributed by atoms with Crippen molar-refractivity contribution in [1.29, 1.82) is 5.26 Å². The molecule has 7 nitrogen and oxygen atoms in total. The minimum absolute atomic E-state index is 0.337. The second kappa shape index (κ2) is 6.26. The van der Waals surface area contributed by atoms with Crippen LogP contribution in [-0.4, -0.2) is 21.8 Å². The molecule has 2 heterocycles. The van der Waals surface area contributed by atoms with Crippen molar-refractivity contribution in [3.05, 3.63) is 70.3 Å². The summed E-state index contributed by atoms with van der Waals surface area (Å²) in [6.45, 7) is 0.627. The molecule has 1 N–H and O–H groups in total. The van der Waals surface area contributed by atoms with Crippen LogP contribution in [-0.2, 0) is 6.54 Å². The molecule has 0 fully saturated rings. The zero-order chi connectivity index (χ0) is 18.1. The standard InChI is InChI=1S/C19H14N4O3/c1-25-15-5-2-12(3-6-15)10-23-11-14(9-20)16-8-13(4-7-17(16)23)18-21-19(24)26-22-18/h2-8,11H,10H2,1H3,(H,21,22,24). The van der Waals surface area contributed by atoms with Crippen LogP contribution < -0.4 is 10.5 Å². The van der Waals surface area contributed by atoms with Crippen molar-refractivity contribution in [2.24, 2.45) is 0 Å². The summed E-state index contributed by atoms with van der Waals surface area (Å²) in [5.41, 5.74) is 3.26. The summed E-state index contributed by atoms with van der Waals surface area (Å²) in [5.74, 6) is 0.524. The van der Waals surface area contributed by atoms with Gasteiger partial charge in [-0.25, -0.2) is 4.79 Å². The molecule has 7 heteroatoms. The number of benzene rings is 2. The second-order valence-electron chi connectivity index (χ2n) is 5.81. The van der Waals surface area contributed by atoms with Gasteiger partial charge in [-0.1, -0.05) is 17.3 Å². The number of fused-ring (bicyclic) bond motifs is 1. The van der Waals surface area contributed by atoms with Crippen molar-refractivity contribution in [1.82, 2.24) is 14.7 Å². The minimum Gasteiger partial charge on any atom is -0.497 e. The lowest BCUT2D eigenvalue weighted by atomic mass is 10.1. The lowest BCUT2D eigenvalue weighted by Crippen LogP contribution is -1.98. The molecule has 0 aliphatic heterocycles. The number of aromatic nitrogens is 3. The fraction of sp³-hybridized carbons (Fsp3) is 0.105. The van der Waals surface area contributed by atoms with Crippen LogP contribution in [0.25, 0.3) is 22.3 Å². The number of rotatable bonds is 4. The average Bonchev–Trinajstić information content (AvgIpc) is 3.26. The predicted octanol–water partition coefficient (Wildman–Crippen LogP) is 2.91. The van der Waals surface area contributed by atoms with E-state index >= 15 is 0 Å². The molecule has 0 aliphatic carbocycles. The number of nitrogens with one attached hydrogen (secondary N) is 1. The van der Waals surface area contributed by atoms with Gasteiger partial charge >= 0.3 is 5.76 Å². The SMILES string of the molecule is COc1ccc(Cn2cc(C#N)c3cc(-c4noc(=O)[nH]4)ccc32)cc1. The Labute approximate surface area is 148 Å². The van der Waals surface area contributed by atoms with Gasteiger partial charge in [-0.05, 0) is 35.9 Å². The molecule has 0 saturated carbocycles. The number of aromatic amines is 1. The van der Waals surface area contributed by atoms with Crippen molar-refractivity contribution < 1.29 is 9.26 Å². The molecule has 4 rings (SSSR count). The molecule has 0 atom stereocenters. The largest absolute Gasteiger partial charge is 0.497 e. The summed E-state index contributed by atoms with van der Waals surface area (Å²) in [6.07, 6.45) is 1.82. The van der Waals surface area contributed by atoms with Gasteiger partial charge in [-0.3, -0.25) is 9.51 Å². The second-order valence-corrected chi connectivity index (χ2v) is 5.81. The van der Waals surface area contributed by atoms with Crippen LogP contribution >= 0.6 is 0 Å². The molecule has 4 aromatic rings. The molecule has 2 aromatic heterocycles. The molecule has 2 aromatic carbocycles. The highest BCUT2D eigenvalue weighted by molar-refractivity contribution is 5.89. The van der Waals surface area contributed by atoms with Crippen LogP contribution in [0.15, 0.2) is 58.0 Å². The van der Waals surface area contributed by atoms with E-state index in [0.29, 0.717) is 23.5 Å². The first-order valence-electron chi connectivity index (χ1n) is 7.90. The normalized spacial score (nSPS) is 10.8. The van der Waals surface area contributed by atoms with Crippen molar-refractivity contribution >= 4 is 10.9 Å². The lowest BCUT2D eigenvalue weighted by molar-refractivity contribution is 0.388. The molecule has 0 aliphatic rings. The summed E-state index contributed by atoms with van der Waals surface area (Å²) in [6, 6.07) is 15.6. The highest BCUT2D eigenvalue weighted by Gasteiger charge is 2.12. The molecule has 128 valence electrons. The van der Waals surface area contributed by atoms with Gasteiger partial charge in [-0.15, -0.1) is 0 Å². The summed E-state index contributed by atoms with van der Waals surface area (Å²) in [7, 11) is 1.63. The number of hydrogen-bond donors (Lipinski definition) is 1. The van der Waals surface area contributed by atoms with Gasteiger partial charge in [0, 0.05) is 29.2 Å².